The number of carbonyl (C=O) groups excluding carboxylic acids is 1. The van der Waals surface area contributed by atoms with Crippen LogP contribution in [0.2, 0.25) is 0 Å². The van der Waals surface area contributed by atoms with Crippen LogP contribution in [0.5, 0.6) is 0 Å². The molecule has 0 bridgehead atoms. The monoisotopic (exact) mass is 438 g/mol. The molecule has 1 saturated heterocycles. The van der Waals surface area contributed by atoms with Gasteiger partial charge in [-0.2, -0.15) is 4.57 Å². The third-order valence-corrected chi connectivity index (χ3v) is 4.34. The molecule has 1 fully saturated rings. The van der Waals surface area contributed by atoms with E-state index in [9.17, 15) is 29.6 Å². The molecule has 13 heteroatoms. The van der Waals surface area contributed by atoms with Crippen molar-refractivity contribution < 1.29 is 57.9 Å². The number of carboxylic acid groups (broad SMARTS) is 1. The van der Waals surface area contributed by atoms with Gasteiger partial charge in [-0.1, -0.05) is 0 Å². The Bertz CT molecular complexity index is 720. The largest absolute Gasteiger partial charge is 0.756 e. The van der Waals surface area contributed by atoms with Crippen molar-refractivity contribution in [3.8, 4) is 0 Å². The Balaban J connectivity index is 0.000000516. The molecule has 29 heavy (non-hydrogen) atoms. The summed E-state index contributed by atoms with van der Waals surface area (Å²) in [4.78, 5) is 29.8. The highest BCUT2D eigenvalue weighted by molar-refractivity contribution is 7.44. The predicted octanol–water partition coefficient (Wildman–Crippen LogP) is -3.88. The van der Waals surface area contributed by atoms with Gasteiger partial charge in [0.1, 0.15) is 18.8 Å². The van der Waals surface area contributed by atoms with E-state index < -0.39 is 44.9 Å². The summed E-state index contributed by atoms with van der Waals surface area (Å²) in [7, 11) is 1.16. The van der Waals surface area contributed by atoms with Gasteiger partial charge in [0, 0.05) is 6.07 Å². The van der Waals surface area contributed by atoms with Crippen LogP contribution in [0, 0.1) is 0 Å². The van der Waals surface area contributed by atoms with Crippen molar-refractivity contribution >= 4 is 13.8 Å². The quantitative estimate of drug-likeness (QED) is 0.187. The van der Waals surface area contributed by atoms with Gasteiger partial charge in [-0.15, -0.1) is 0 Å². The SMILES string of the molecule is C[N+](C)(C)CCO.O=C([O-])c1ccc[n+]([C@@H]2O[C@H](COP(=O)([O-])O)[C@@H](O)[C@H]2O)c1. The van der Waals surface area contributed by atoms with Crippen LogP contribution in [0.4, 0.5) is 0 Å². The molecule has 5 atom stereocenters. The molecule has 0 aliphatic carbocycles. The van der Waals surface area contributed by atoms with E-state index >= 15 is 0 Å². The normalized spacial score (nSPS) is 26.3. The molecule has 2 heterocycles. The van der Waals surface area contributed by atoms with E-state index in [1.54, 1.807) is 0 Å². The fraction of sp³-hybridized carbons (Fsp3) is 0.625. The van der Waals surface area contributed by atoms with Crippen molar-refractivity contribution in [1.82, 2.24) is 0 Å². The van der Waals surface area contributed by atoms with Gasteiger partial charge in [-0.3, -0.25) is 4.57 Å². The second-order valence-electron chi connectivity index (χ2n) is 7.38. The van der Waals surface area contributed by atoms with Crippen molar-refractivity contribution in [2.45, 2.75) is 24.5 Å². The van der Waals surface area contributed by atoms with Crippen LogP contribution in [0.15, 0.2) is 24.5 Å². The summed E-state index contributed by atoms with van der Waals surface area (Å²) in [5.41, 5.74) is -0.174. The number of carbonyl (C=O) groups is 1. The van der Waals surface area contributed by atoms with E-state index in [0.717, 1.165) is 17.2 Å². The zero-order valence-electron chi connectivity index (χ0n) is 16.3. The molecule has 12 nitrogen and oxygen atoms in total. The molecular weight excluding hydrogens is 411 g/mol. The lowest BCUT2D eigenvalue weighted by Gasteiger charge is -2.21. The van der Waals surface area contributed by atoms with Crippen LogP contribution in [-0.2, 0) is 13.8 Å². The molecule has 1 aromatic rings. The first-order valence-corrected chi connectivity index (χ1v) is 10.1. The van der Waals surface area contributed by atoms with Crippen LogP contribution in [0.25, 0.3) is 0 Å². The van der Waals surface area contributed by atoms with Crippen molar-refractivity contribution in [3.05, 3.63) is 30.1 Å². The average molecular weight is 438 g/mol. The number of phosphoric acid groups is 1. The van der Waals surface area contributed by atoms with Crippen LogP contribution in [0.1, 0.15) is 16.6 Å². The van der Waals surface area contributed by atoms with E-state index in [2.05, 4.69) is 25.7 Å². The summed E-state index contributed by atoms with van der Waals surface area (Å²) in [6, 6.07) is 2.64. The number of carboxylic acids is 1. The number of aliphatic hydroxyl groups excluding tert-OH is 3. The van der Waals surface area contributed by atoms with Gasteiger partial charge in [-0.05, 0) is 6.07 Å². The number of hydrogen-bond donors (Lipinski definition) is 4. The van der Waals surface area contributed by atoms with Gasteiger partial charge in [0.25, 0.3) is 14.1 Å². The minimum absolute atomic E-state index is 0.174. The second-order valence-corrected chi connectivity index (χ2v) is 8.57. The number of nitrogens with zero attached hydrogens (tertiary/aromatic N) is 2. The number of likely N-dealkylation sites (N-methyl/N-ethyl adjacent to an activating group) is 1. The molecule has 0 aromatic carbocycles. The Morgan fingerprint density at radius 3 is 2.41 bits per heavy atom. The maximum absolute atomic E-state index is 10.8. The van der Waals surface area contributed by atoms with Crippen LogP contribution in [-0.4, -0.2) is 89.9 Å². The average Bonchev–Trinajstić information content (AvgIpc) is 2.87. The van der Waals surface area contributed by atoms with Crippen molar-refractivity contribution in [3.63, 3.8) is 0 Å². The van der Waals surface area contributed by atoms with Gasteiger partial charge < -0.3 is 48.8 Å². The minimum Gasteiger partial charge on any atom is -0.756 e. The van der Waals surface area contributed by atoms with E-state index in [1.165, 1.54) is 22.9 Å². The number of rotatable bonds is 7. The lowest BCUT2D eigenvalue weighted by Crippen LogP contribution is -2.46. The molecule has 1 aromatic heterocycles. The van der Waals surface area contributed by atoms with E-state index in [0.29, 0.717) is 0 Å². The number of ether oxygens (including phenoxy) is 1. The third-order valence-electron chi connectivity index (χ3n) is 3.86. The second kappa shape index (κ2) is 10.5. The lowest BCUT2D eigenvalue weighted by molar-refractivity contribution is -0.870. The summed E-state index contributed by atoms with van der Waals surface area (Å²) in [5.74, 6) is -1.44. The number of aromatic nitrogens is 1. The number of quaternary nitrogens is 1. The number of aliphatic hydroxyl groups is 3. The zero-order valence-corrected chi connectivity index (χ0v) is 17.2. The lowest BCUT2D eigenvalue weighted by atomic mass is 10.1. The molecule has 0 spiro atoms. The Hall–Kier alpha value is -1.47. The maximum Gasteiger partial charge on any atom is 0.292 e. The highest BCUT2D eigenvalue weighted by Gasteiger charge is 2.48. The van der Waals surface area contributed by atoms with Crippen LogP contribution in [0.3, 0.4) is 0 Å². The summed E-state index contributed by atoms with van der Waals surface area (Å²) in [6.45, 7) is 0.413. The van der Waals surface area contributed by atoms with Gasteiger partial charge in [0.15, 0.2) is 18.5 Å². The molecule has 0 amide bonds. The highest BCUT2D eigenvalue weighted by atomic mass is 31.2. The number of pyridine rings is 1. The van der Waals surface area contributed by atoms with E-state index in [4.69, 9.17) is 14.7 Å². The van der Waals surface area contributed by atoms with Crippen LogP contribution >= 0.6 is 7.82 Å². The van der Waals surface area contributed by atoms with Crippen molar-refractivity contribution in [1.29, 1.82) is 0 Å². The number of hydrogen-bond acceptors (Lipinski definition) is 9. The summed E-state index contributed by atoms with van der Waals surface area (Å²) >= 11 is 0. The molecule has 166 valence electrons. The summed E-state index contributed by atoms with van der Waals surface area (Å²) in [5, 5.41) is 38.9. The maximum atomic E-state index is 10.8. The fourth-order valence-corrected chi connectivity index (χ4v) is 2.69. The Kier molecular flexibility index (Phi) is 9.28. The third kappa shape index (κ3) is 8.83. The fourth-order valence-electron chi connectivity index (χ4n) is 2.35. The molecule has 0 radical (unpaired) electrons. The first-order valence-electron chi connectivity index (χ1n) is 8.58. The predicted molar refractivity (Wildman–Crippen MR) is 92.7 cm³/mol. The van der Waals surface area contributed by atoms with E-state index in [1.807, 2.05) is 0 Å². The van der Waals surface area contributed by atoms with Gasteiger partial charge >= 0.3 is 0 Å². The van der Waals surface area contributed by atoms with Gasteiger partial charge in [0.2, 0.25) is 0 Å². The number of phosphoric ester groups is 1. The topological polar surface area (TPSA) is 184 Å². The molecule has 1 unspecified atom stereocenters. The Labute approximate surface area is 168 Å². The number of aromatic carboxylic acids is 1. The first kappa shape index (κ1) is 25.6. The van der Waals surface area contributed by atoms with E-state index in [-0.39, 0.29) is 12.2 Å². The highest BCUT2D eigenvalue weighted by Crippen LogP contribution is 2.33. The van der Waals surface area contributed by atoms with Crippen LogP contribution < -0.4 is 14.6 Å². The first-order chi connectivity index (χ1) is 13.2. The molecule has 2 rings (SSSR count). The van der Waals surface area contributed by atoms with Crippen molar-refractivity contribution in [2.75, 3.05) is 40.9 Å². The zero-order chi connectivity index (χ0) is 22.4. The molecule has 4 N–H and O–H groups in total. The van der Waals surface area contributed by atoms with Crippen molar-refractivity contribution in [2.24, 2.45) is 0 Å². The summed E-state index contributed by atoms with van der Waals surface area (Å²) in [6.07, 6.45) is -2.82. The molecule has 1 aliphatic rings. The smallest absolute Gasteiger partial charge is 0.292 e. The Morgan fingerprint density at radius 1 is 1.34 bits per heavy atom. The molecule has 1 aliphatic heterocycles. The standard InChI is InChI=1S/C11H14NO9P.C5H14NO/c13-8-7(5-20-22(17,18)19)21-10(9(8)14)12-3-1-2-6(4-12)11(15)16;1-6(2,3)4-5-7/h1-4,7-10,13-14H,5H2,(H2-,15,16,17,18,19);7H,4-5H2,1-3H3/q;+1/p-1/t7-,8-,9-,10-;/m1./s1. The Morgan fingerprint density at radius 2 is 1.97 bits per heavy atom. The van der Waals surface area contributed by atoms with Gasteiger partial charge in [0.05, 0.1) is 45.9 Å². The summed E-state index contributed by atoms with van der Waals surface area (Å²) < 4.78 is 21.9. The molecular formula is C16H27N2O10P. The molecule has 0 saturated carbocycles. The van der Waals surface area contributed by atoms with Gasteiger partial charge in [-0.25, -0.2) is 0 Å². The minimum atomic E-state index is -4.99.